The highest BCUT2D eigenvalue weighted by Gasteiger charge is 1.99. The Hall–Kier alpha value is -1.01. The highest BCUT2D eigenvalue weighted by molar-refractivity contribution is 5.14. The summed E-state index contributed by atoms with van der Waals surface area (Å²) in [4.78, 5) is 4.53. The van der Waals surface area contributed by atoms with E-state index in [-0.39, 0.29) is 0 Å². The number of rotatable bonds is 0. The molecule has 7 heavy (non-hydrogen) atoms. The van der Waals surface area contributed by atoms with E-state index in [0.717, 1.165) is 0 Å². The number of nitriles is 1. The van der Waals surface area contributed by atoms with Crippen molar-refractivity contribution in [2.24, 2.45) is 0 Å². The molecule has 1 N–H and O–H groups in total. The van der Waals surface area contributed by atoms with Gasteiger partial charge in [-0.25, -0.2) is 0 Å². The van der Waals surface area contributed by atoms with Crippen LogP contribution in [0.25, 0.3) is 0 Å². The Bertz CT molecular complexity index is 133. The fourth-order valence-electron chi connectivity index (χ4n) is 0.315. The summed E-state index contributed by atoms with van der Waals surface area (Å²) < 4.78 is 0. The molecule has 1 aliphatic rings. The molecule has 0 atom stereocenters. The van der Waals surface area contributed by atoms with Crippen molar-refractivity contribution in [2.75, 3.05) is 6.61 Å². The Labute approximate surface area is 41.1 Å². The molecule has 0 aliphatic carbocycles. The van der Waals surface area contributed by atoms with Crippen molar-refractivity contribution < 1.29 is 4.84 Å². The lowest BCUT2D eigenvalue weighted by atomic mass is 10.5. The van der Waals surface area contributed by atoms with Crippen LogP contribution in [-0.4, -0.2) is 6.61 Å². The zero-order chi connectivity index (χ0) is 5.11. The van der Waals surface area contributed by atoms with Gasteiger partial charge in [-0.05, 0) is 0 Å². The van der Waals surface area contributed by atoms with Crippen molar-refractivity contribution in [1.82, 2.24) is 5.48 Å². The highest BCUT2D eigenvalue weighted by atomic mass is 16.6. The summed E-state index contributed by atoms with van der Waals surface area (Å²) >= 11 is 0. The molecule has 0 aromatic heterocycles. The summed E-state index contributed by atoms with van der Waals surface area (Å²) in [6.07, 6.45) is 2.63. The molecule has 0 saturated carbocycles. The lowest BCUT2D eigenvalue weighted by Gasteiger charge is -1.87. The van der Waals surface area contributed by atoms with Gasteiger partial charge in [0.2, 0.25) is 0 Å². The average Bonchev–Trinajstić information content (AvgIpc) is 2.14. The van der Waals surface area contributed by atoms with Crippen LogP contribution in [0.3, 0.4) is 0 Å². The molecule has 0 saturated heterocycles. The van der Waals surface area contributed by atoms with Crippen molar-refractivity contribution in [3.63, 3.8) is 0 Å². The first-order chi connectivity index (χ1) is 3.43. The fraction of sp³-hybridized carbons (Fsp3) is 0.250. The molecule has 1 radical (unpaired) electrons. The summed E-state index contributed by atoms with van der Waals surface area (Å²) in [6.45, 7) is 0.378. The predicted octanol–water partition coefficient (Wildman–Crippen LogP) is -0.268. The summed E-state index contributed by atoms with van der Waals surface area (Å²) in [6, 6.07) is 1.83. The van der Waals surface area contributed by atoms with E-state index in [0.29, 0.717) is 12.3 Å². The van der Waals surface area contributed by atoms with Crippen LogP contribution in [0.4, 0.5) is 0 Å². The molecular weight excluding hydrogens is 92.1 g/mol. The third-order valence-electron chi connectivity index (χ3n) is 0.607. The van der Waals surface area contributed by atoms with Crippen molar-refractivity contribution in [3.05, 3.63) is 11.8 Å². The minimum absolute atomic E-state index is 0.375. The number of hydrogen-bond acceptors (Lipinski definition) is 3. The summed E-state index contributed by atoms with van der Waals surface area (Å²) in [7, 11) is 0. The summed E-state index contributed by atoms with van der Waals surface area (Å²) in [5.74, 6) is 0. The van der Waals surface area contributed by atoms with E-state index in [1.54, 1.807) is 0 Å². The first-order valence-electron chi connectivity index (χ1n) is 1.82. The van der Waals surface area contributed by atoms with Crippen LogP contribution in [0.15, 0.2) is 5.70 Å². The maximum absolute atomic E-state index is 8.07. The van der Waals surface area contributed by atoms with Crippen LogP contribution in [0.2, 0.25) is 0 Å². The van der Waals surface area contributed by atoms with Gasteiger partial charge in [0.1, 0.15) is 18.4 Å². The molecule has 0 bridgehead atoms. The molecule has 0 unspecified atom stereocenters. The van der Waals surface area contributed by atoms with E-state index in [2.05, 4.69) is 16.4 Å². The van der Waals surface area contributed by atoms with Gasteiger partial charge >= 0.3 is 0 Å². The van der Waals surface area contributed by atoms with Gasteiger partial charge in [-0.3, -0.25) is 10.3 Å². The number of allylic oxidation sites excluding steroid dienone is 1. The SMILES string of the molecule is N#CC1=[C]CON1. The fourth-order valence-corrected chi connectivity index (χ4v) is 0.315. The van der Waals surface area contributed by atoms with Gasteiger partial charge in [-0.15, -0.1) is 0 Å². The second-order valence-electron chi connectivity index (χ2n) is 1.05. The van der Waals surface area contributed by atoms with Crippen molar-refractivity contribution in [1.29, 1.82) is 5.26 Å². The van der Waals surface area contributed by atoms with Crippen molar-refractivity contribution >= 4 is 0 Å². The number of hydroxylamine groups is 1. The van der Waals surface area contributed by atoms with Crippen LogP contribution < -0.4 is 5.48 Å². The van der Waals surface area contributed by atoms with Gasteiger partial charge in [0.05, 0.1) is 0 Å². The molecule has 1 aliphatic heterocycles. The Morgan fingerprint density at radius 3 is 3.14 bits per heavy atom. The number of nitrogens with one attached hydrogen (secondary N) is 1. The Kier molecular flexibility index (Phi) is 0.966. The van der Waals surface area contributed by atoms with Gasteiger partial charge in [0.25, 0.3) is 0 Å². The van der Waals surface area contributed by atoms with Gasteiger partial charge in [-0.1, -0.05) is 0 Å². The molecule has 0 aromatic rings. The lowest BCUT2D eigenvalue weighted by molar-refractivity contribution is 0.110. The van der Waals surface area contributed by atoms with Crippen molar-refractivity contribution in [3.8, 4) is 6.07 Å². The molecule has 1 rings (SSSR count). The first-order valence-corrected chi connectivity index (χ1v) is 1.82. The van der Waals surface area contributed by atoms with E-state index in [4.69, 9.17) is 5.26 Å². The molecule has 1 heterocycles. The monoisotopic (exact) mass is 95.0 g/mol. The van der Waals surface area contributed by atoms with Crippen LogP contribution in [0.1, 0.15) is 0 Å². The van der Waals surface area contributed by atoms with Gasteiger partial charge < -0.3 is 0 Å². The van der Waals surface area contributed by atoms with E-state index in [1.807, 2.05) is 6.07 Å². The number of nitrogens with zero attached hydrogens (tertiary/aromatic N) is 1. The van der Waals surface area contributed by atoms with Crippen LogP contribution >= 0.6 is 0 Å². The zero-order valence-corrected chi connectivity index (χ0v) is 3.56. The first kappa shape index (κ1) is 4.16. The predicted molar refractivity (Wildman–Crippen MR) is 21.5 cm³/mol. The van der Waals surface area contributed by atoms with Crippen LogP contribution in [-0.2, 0) is 4.84 Å². The maximum atomic E-state index is 8.07. The smallest absolute Gasteiger partial charge is 0.144 e. The largest absolute Gasteiger partial charge is 0.271 e. The Morgan fingerprint density at radius 1 is 2.00 bits per heavy atom. The highest BCUT2D eigenvalue weighted by Crippen LogP contribution is 1.91. The van der Waals surface area contributed by atoms with Gasteiger partial charge in [-0.2, -0.15) is 5.26 Å². The topological polar surface area (TPSA) is 45.0 Å². The normalized spacial score (nSPS) is 17.3. The van der Waals surface area contributed by atoms with E-state index in [1.165, 1.54) is 0 Å². The molecule has 0 spiro atoms. The quantitative estimate of drug-likeness (QED) is 0.450. The molecule has 0 fully saturated rings. The molecule has 3 nitrogen and oxygen atoms in total. The molecule has 3 heteroatoms. The summed E-state index contributed by atoms with van der Waals surface area (Å²) in [5.41, 5.74) is 2.73. The van der Waals surface area contributed by atoms with E-state index >= 15 is 0 Å². The van der Waals surface area contributed by atoms with E-state index in [9.17, 15) is 0 Å². The maximum Gasteiger partial charge on any atom is 0.144 e. The van der Waals surface area contributed by atoms with Crippen molar-refractivity contribution in [2.45, 2.75) is 0 Å². The Balaban J connectivity index is 2.57. The van der Waals surface area contributed by atoms with Crippen LogP contribution in [0, 0.1) is 17.4 Å². The van der Waals surface area contributed by atoms with Gasteiger partial charge in [0.15, 0.2) is 0 Å². The lowest BCUT2D eigenvalue weighted by Crippen LogP contribution is -2.03. The molecule has 35 valence electrons. The molecular formula is C4H3N2O. The van der Waals surface area contributed by atoms with Gasteiger partial charge in [0, 0.05) is 6.08 Å². The Morgan fingerprint density at radius 2 is 2.86 bits per heavy atom. The second-order valence-corrected chi connectivity index (χ2v) is 1.05. The minimum atomic E-state index is 0.375. The minimum Gasteiger partial charge on any atom is -0.271 e. The standard InChI is InChI=1S/C4H3N2O/c5-3-4-1-2-7-6-4/h6H,2H2. The third kappa shape index (κ3) is 0.699. The van der Waals surface area contributed by atoms with Crippen LogP contribution in [0.5, 0.6) is 0 Å². The second kappa shape index (κ2) is 1.63. The average molecular weight is 95.1 g/mol. The zero-order valence-electron chi connectivity index (χ0n) is 3.56. The van der Waals surface area contributed by atoms with E-state index < -0.39 is 0 Å². The summed E-state index contributed by atoms with van der Waals surface area (Å²) in [5, 5.41) is 8.07. The third-order valence-corrected chi connectivity index (χ3v) is 0.607. The molecule has 0 aromatic carbocycles. The molecule has 0 amide bonds. The number of hydrogen-bond donors (Lipinski definition) is 1.